The van der Waals surface area contributed by atoms with Crippen LogP contribution in [0.4, 0.5) is 5.69 Å². The van der Waals surface area contributed by atoms with Crippen LogP contribution in [0.2, 0.25) is 0 Å². The van der Waals surface area contributed by atoms with Crippen LogP contribution in [0.15, 0.2) is 48.5 Å². The highest BCUT2D eigenvalue weighted by molar-refractivity contribution is 5.93. The third-order valence-corrected chi connectivity index (χ3v) is 2.85. The number of nitrogens with one attached hydrogen (secondary N) is 1. The molecule has 5 heteroatoms. The number of phenols is 1. The van der Waals surface area contributed by atoms with Crippen molar-refractivity contribution in [1.82, 2.24) is 0 Å². The molecule has 0 bridgehead atoms. The summed E-state index contributed by atoms with van der Waals surface area (Å²) in [6, 6.07) is 13.7. The van der Waals surface area contributed by atoms with Crippen molar-refractivity contribution in [3.63, 3.8) is 0 Å². The van der Waals surface area contributed by atoms with Gasteiger partial charge in [0, 0.05) is 0 Å². The first-order valence-electron chi connectivity index (χ1n) is 7.13. The van der Waals surface area contributed by atoms with Crippen molar-refractivity contribution >= 4 is 11.6 Å². The Hall–Kier alpha value is -2.69. The molecule has 5 nitrogen and oxygen atoms in total. The average molecular weight is 301 g/mol. The first-order valence-corrected chi connectivity index (χ1v) is 7.13. The van der Waals surface area contributed by atoms with Gasteiger partial charge in [0.2, 0.25) is 0 Å². The third kappa shape index (κ3) is 4.41. The molecule has 0 aliphatic carbocycles. The highest BCUT2D eigenvalue weighted by Crippen LogP contribution is 2.25. The van der Waals surface area contributed by atoms with Crippen LogP contribution in [-0.2, 0) is 4.79 Å². The molecule has 2 N–H and O–H groups in total. The van der Waals surface area contributed by atoms with E-state index in [1.165, 1.54) is 6.07 Å². The zero-order chi connectivity index (χ0) is 15.8. The molecule has 1 amide bonds. The summed E-state index contributed by atoms with van der Waals surface area (Å²) in [5, 5.41) is 12.3. The van der Waals surface area contributed by atoms with Gasteiger partial charge < -0.3 is 19.9 Å². The van der Waals surface area contributed by atoms with Crippen LogP contribution in [0.3, 0.4) is 0 Å². The molecule has 0 saturated heterocycles. The fourth-order valence-electron chi connectivity index (χ4n) is 1.82. The third-order valence-electron chi connectivity index (χ3n) is 2.85. The monoisotopic (exact) mass is 301 g/mol. The summed E-state index contributed by atoms with van der Waals surface area (Å²) >= 11 is 0. The summed E-state index contributed by atoms with van der Waals surface area (Å²) < 4.78 is 10.9. The maximum Gasteiger partial charge on any atom is 0.262 e. The lowest BCUT2D eigenvalue weighted by molar-refractivity contribution is -0.118. The predicted molar refractivity (Wildman–Crippen MR) is 84.5 cm³/mol. The number of carbonyl (C=O) groups is 1. The standard InChI is InChI=1S/C17H19NO4/c1-2-11-21-15-9-5-3-7-13(15)18-17(20)12-22-16-10-6-4-8-14(16)19/h3-10,19H,2,11-12H2,1H3,(H,18,20). The van der Waals surface area contributed by atoms with Gasteiger partial charge in [0.1, 0.15) is 5.75 Å². The molecule has 0 aliphatic heterocycles. The van der Waals surface area contributed by atoms with Crippen molar-refractivity contribution in [2.45, 2.75) is 13.3 Å². The van der Waals surface area contributed by atoms with Crippen LogP contribution in [0.5, 0.6) is 17.2 Å². The minimum Gasteiger partial charge on any atom is -0.504 e. The maximum absolute atomic E-state index is 11.9. The Bertz CT molecular complexity index is 628. The van der Waals surface area contributed by atoms with Crippen molar-refractivity contribution in [2.24, 2.45) is 0 Å². The van der Waals surface area contributed by atoms with Gasteiger partial charge in [-0.2, -0.15) is 0 Å². The Kier molecular flexibility index (Phi) is 5.65. The average Bonchev–Trinajstić information content (AvgIpc) is 2.53. The molecule has 0 fully saturated rings. The van der Waals surface area contributed by atoms with Gasteiger partial charge in [-0.15, -0.1) is 0 Å². The summed E-state index contributed by atoms with van der Waals surface area (Å²) in [5.41, 5.74) is 0.599. The second kappa shape index (κ2) is 7.93. The van der Waals surface area contributed by atoms with E-state index in [1.807, 2.05) is 19.1 Å². The van der Waals surface area contributed by atoms with Gasteiger partial charge in [-0.25, -0.2) is 0 Å². The van der Waals surface area contributed by atoms with Gasteiger partial charge in [-0.05, 0) is 30.7 Å². The Morgan fingerprint density at radius 3 is 2.45 bits per heavy atom. The number of anilines is 1. The molecule has 0 unspecified atom stereocenters. The lowest BCUT2D eigenvalue weighted by Crippen LogP contribution is -2.20. The van der Waals surface area contributed by atoms with Crippen LogP contribution < -0.4 is 14.8 Å². The van der Waals surface area contributed by atoms with Gasteiger partial charge in [0.15, 0.2) is 18.1 Å². The van der Waals surface area contributed by atoms with Crippen molar-refractivity contribution < 1.29 is 19.4 Å². The van der Waals surface area contributed by atoms with Gasteiger partial charge in [0.05, 0.1) is 12.3 Å². The number of rotatable bonds is 7. The molecule has 0 aromatic heterocycles. The molecule has 0 aliphatic rings. The Morgan fingerprint density at radius 2 is 1.73 bits per heavy atom. The minimum atomic E-state index is -0.323. The van der Waals surface area contributed by atoms with Crippen molar-refractivity contribution in [3.8, 4) is 17.2 Å². The molecule has 2 aromatic carbocycles. The summed E-state index contributed by atoms with van der Waals surface area (Å²) in [4.78, 5) is 11.9. The predicted octanol–water partition coefficient (Wildman–Crippen LogP) is 3.20. The van der Waals surface area contributed by atoms with E-state index in [4.69, 9.17) is 9.47 Å². The van der Waals surface area contributed by atoms with E-state index in [0.717, 1.165) is 6.42 Å². The first-order chi connectivity index (χ1) is 10.7. The van der Waals surface area contributed by atoms with Gasteiger partial charge >= 0.3 is 0 Å². The Labute approximate surface area is 129 Å². The van der Waals surface area contributed by atoms with Gasteiger partial charge in [-0.3, -0.25) is 4.79 Å². The van der Waals surface area contributed by atoms with Crippen molar-refractivity contribution in [1.29, 1.82) is 0 Å². The van der Waals surface area contributed by atoms with Crippen molar-refractivity contribution in [3.05, 3.63) is 48.5 Å². The second-order valence-corrected chi connectivity index (χ2v) is 4.65. The van der Waals surface area contributed by atoms with E-state index in [2.05, 4.69) is 5.32 Å². The van der Waals surface area contributed by atoms with Crippen LogP contribution >= 0.6 is 0 Å². The zero-order valence-electron chi connectivity index (χ0n) is 12.4. The number of amides is 1. The zero-order valence-corrected chi connectivity index (χ0v) is 12.4. The van der Waals surface area contributed by atoms with E-state index in [9.17, 15) is 9.90 Å². The number of carbonyl (C=O) groups excluding carboxylic acids is 1. The van der Waals surface area contributed by atoms with Crippen LogP contribution in [0.1, 0.15) is 13.3 Å². The lowest BCUT2D eigenvalue weighted by Gasteiger charge is -2.12. The molecule has 0 atom stereocenters. The second-order valence-electron chi connectivity index (χ2n) is 4.65. The molecular weight excluding hydrogens is 282 g/mol. The molecule has 2 aromatic rings. The number of ether oxygens (including phenoxy) is 2. The number of phenolic OH excluding ortho intramolecular Hbond substituents is 1. The minimum absolute atomic E-state index is 0.00183. The maximum atomic E-state index is 11.9. The molecule has 0 radical (unpaired) electrons. The highest BCUT2D eigenvalue weighted by atomic mass is 16.5. The normalized spacial score (nSPS) is 10.0. The number of aromatic hydroxyl groups is 1. The SMILES string of the molecule is CCCOc1ccccc1NC(=O)COc1ccccc1O. The lowest BCUT2D eigenvalue weighted by atomic mass is 10.3. The number of hydrogen-bond donors (Lipinski definition) is 2. The van der Waals surface area contributed by atoms with E-state index in [-0.39, 0.29) is 24.0 Å². The van der Waals surface area contributed by atoms with E-state index >= 15 is 0 Å². The molecule has 22 heavy (non-hydrogen) atoms. The molecule has 0 heterocycles. The van der Waals surface area contributed by atoms with Crippen LogP contribution in [0.25, 0.3) is 0 Å². The largest absolute Gasteiger partial charge is 0.504 e. The molecular formula is C17H19NO4. The molecule has 0 spiro atoms. The fourth-order valence-corrected chi connectivity index (χ4v) is 1.82. The van der Waals surface area contributed by atoms with Crippen LogP contribution in [0, 0.1) is 0 Å². The summed E-state index contributed by atoms with van der Waals surface area (Å²) in [6.07, 6.45) is 0.888. The summed E-state index contributed by atoms with van der Waals surface area (Å²) in [6.45, 7) is 2.41. The highest BCUT2D eigenvalue weighted by Gasteiger charge is 2.09. The Balaban J connectivity index is 1.93. The van der Waals surface area contributed by atoms with E-state index in [0.29, 0.717) is 18.0 Å². The number of hydrogen-bond acceptors (Lipinski definition) is 4. The van der Waals surface area contributed by atoms with Gasteiger partial charge in [0.25, 0.3) is 5.91 Å². The summed E-state index contributed by atoms with van der Waals surface area (Å²) in [7, 11) is 0. The molecule has 116 valence electrons. The Morgan fingerprint density at radius 1 is 1.05 bits per heavy atom. The van der Waals surface area contributed by atoms with Crippen LogP contribution in [-0.4, -0.2) is 24.2 Å². The smallest absolute Gasteiger partial charge is 0.262 e. The topological polar surface area (TPSA) is 67.8 Å². The fraction of sp³-hybridized carbons (Fsp3) is 0.235. The summed E-state index contributed by atoms with van der Waals surface area (Å²) in [5.74, 6) is 0.575. The quantitative estimate of drug-likeness (QED) is 0.824. The number of para-hydroxylation sites is 4. The molecule has 2 rings (SSSR count). The van der Waals surface area contributed by atoms with E-state index < -0.39 is 0 Å². The van der Waals surface area contributed by atoms with Gasteiger partial charge in [-0.1, -0.05) is 31.2 Å². The van der Waals surface area contributed by atoms with Crippen molar-refractivity contribution in [2.75, 3.05) is 18.5 Å². The number of benzene rings is 2. The molecule has 0 saturated carbocycles. The van der Waals surface area contributed by atoms with E-state index in [1.54, 1.807) is 30.3 Å². The first kappa shape index (κ1) is 15.7.